The first-order valence-electron chi connectivity index (χ1n) is 7.66. The molecular formula is C15H24N2OS. The summed E-state index contributed by atoms with van der Waals surface area (Å²) >= 11 is 1.96. The van der Waals surface area contributed by atoms with Crippen LogP contribution in [0.3, 0.4) is 0 Å². The van der Waals surface area contributed by atoms with E-state index in [9.17, 15) is 0 Å². The molecule has 1 aliphatic carbocycles. The molecule has 0 radical (unpaired) electrons. The largest absolute Gasteiger partial charge is 0.381 e. The lowest BCUT2D eigenvalue weighted by Gasteiger charge is -2.31. The molecule has 1 N–H and O–H groups in total. The van der Waals surface area contributed by atoms with Crippen molar-refractivity contribution < 1.29 is 4.74 Å². The highest BCUT2D eigenvalue weighted by molar-refractivity contribution is 7.11. The average molecular weight is 280 g/mol. The van der Waals surface area contributed by atoms with Crippen LogP contribution in [0.25, 0.3) is 0 Å². The van der Waals surface area contributed by atoms with Crippen LogP contribution in [-0.2, 0) is 23.1 Å². The summed E-state index contributed by atoms with van der Waals surface area (Å²) in [4.78, 5) is 6.55. The number of aryl methyl sites for hydroxylation is 2. The maximum Gasteiger partial charge on any atom is 0.113 e. The predicted molar refractivity (Wildman–Crippen MR) is 78.8 cm³/mol. The number of nitrogens with zero attached hydrogens (tertiary/aromatic N) is 1. The highest BCUT2D eigenvalue weighted by Gasteiger charge is 2.36. The van der Waals surface area contributed by atoms with Gasteiger partial charge in [-0.1, -0.05) is 6.92 Å². The minimum Gasteiger partial charge on any atom is -0.381 e. The molecule has 19 heavy (non-hydrogen) atoms. The quantitative estimate of drug-likeness (QED) is 0.924. The number of thiazole rings is 1. The fraction of sp³-hybridized carbons (Fsp3) is 0.800. The van der Waals surface area contributed by atoms with Gasteiger partial charge in [-0.2, -0.15) is 0 Å². The number of fused-ring (bicyclic) bond motifs is 1. The van der Waals surface area contributed by atoms with Gasteiger partial charge >= 0.3 is 0 Å². The normalized spacial score (nSPS) is 27.8. The first kappa shape index (κ1) is 13.5. The van der Waals surface area contributed by atoms with Crippen LogP contribution in [0.2, 0.25) is 0 Å². The van der Waals surface area contributed by atoms with Crippen molar-refractivity contribution in [3.05, 3.63) is 15.6 Å². The standard InChI is InChI=1S/C15H24N2OS/c1-2-16-15(8-5-10-18-11-9-15)14-17-12-6-3-4-7-13(12)19-14/h16H,2-11H2,1H3. The molecule has 3 rings (SSSR count). The summed E-state index contributed by atoms with van der Waals surface area (Å²) in [7, 11) is 0. The third-order valence-electron chi connectivity index (χ3n) is 4.34. The number of aromatic nitrogens is 1. The Kier molecular flexibility index (Phi) is 4.20. The Morgan fingerprint density at radius 3 is 2.95 bits per heavy atom. The van der Waals surface area contributed by atoms with E-state index in [0.717, 1.165) is 39.0 Å². The van der Waals surface area contributed by atoms with Crippen LogP contribution in [-0.4, -0.2) is 24.7 Å². The van der Waals surface area contributed by atoms with Crippen LogP contribution in [0.4, 0.5) is 0 Å². The van der Waals surface area contributed by atoms with Crippen LogP contribution < -0.4 is 5.32 Å². The SMILES string of the molecule is CCNC1(c2nc3c(s2)CCCC3)CCCOCC1. The summed E-state index contributed by atoms with van der Waals surface area (Å²) in [5, 5.41) is 5.06. The van der Waals surface area contributed by atoms with Crippen molar-refractivity contribution in [1.82, 2.24) is 10.3 Å². The second-order valence-corrected chi connectivity index (χ2v) is 6.76. The maximum absolute atomic E-state index is 5.66. The van der Waals surface area contributed by atoms with Crippen molar-refractivity contribution in [2.75, 3.05) is 19.8 Å². The molecule has 1 atom stereocenters. The third-order valence-corrected chi connectivity index (χ3v) is 5.70. The van der Waals surface area contributed by atoms with Crippen LogP contribution >= 0.6 is 11.3 Å². The Morgan fingerprint density at radius 1 is 1.21 bits per heavy atom. The summed E-state index contributed by atoms with van der Waals surface area (Å²) in [5.74, 6) is 0. The van der Waals surface area contributed by atoms with Crippen molar-refractivity contribution in [3.63, 3.8) is 0 Å². The Balaban J connectivity index is 1.91. The number of nitrogens with one attached hydrogen (secondary N) is 1. The number of hydrogen-bond donors (Lipinski definition) is 1. The second-order valence-electron chi connectivity index (χ2n) is 5.67. The molecular weight excluding hydrogens is 256 g/mol. The summed E-state index contributed by atoms with van der Waals surface area (Å²) in [6.45, 7) is 4.96. The molecule has 4 heteroatoms. The van der Waals surface area contributed by atoms with Gasteiger partial charge < -0.3 is 10.1 Å². The van der Waals surface area contributed by atoms with Crippen LogP contribution in [0.1, 0.15) is 54.6 Å². The number of ether oxygens (including phenoxy) is 1. The lowest BCUT2D eigenvalue weighted by Crippen LogP contribution is -2.42. The second kappa shape index (κ2) is 5.90. The number of hydrogen-bond acceptors (Lipinski definition) is 4. The zero-order valence-electron chi connectivity index (χ0n) is 11.8. The summed E-state index contributed by atoms with van der Waals surface area (Å²) < 4.78 is 5.66. The van der Waals surface area contributed by atoms with E-state index in [1.165, 1.54) is 36.4 Å². The van der Waals surface area contributed by atoms with E-state index in [4.69, 9.17) is 9.72 Å². The molecule has 106 valence electrons. The molecule has 1 aliphatic heterocycles. The zero-order chi connectivity index (χ0) is 13.1. The van der Waals surface area contributed by atoms with Crippen molar-refractivity contribution >= 4 is 11.3 Å². The van der Waals surface area contributed by atoms with Gasteiger partial charge in [-0.25, -0.2) is 4.98 Å². The molecule has 0 spiro atoms. The molecule has 1 aromatic heterocycles. The zero-order valence-corrected chi connectivity index (χ0v) is 12.7. The van der Waals surface area contributed by atoms with Gasteiger partial charge in [0.25, 0.3) is 0 Å². The Hall–Kier alpha value is -0.450. The van der Waals surface area contributed by atoms with Crippen LogP contribution in [0, 0.1) is 0 Å². The summed E-state index contributed by atoms with van der Waals surface area (Å²) in [5.41, 5.74) is 1.46. The van der Waals surface area contributed by atoms with Gasteiger partial charge in [-0.3, -0.25) is 0 Å². The van der Waals surface area contributed by atoms with Crippen molar-refractivity contribution in [2.45, 2.75) is 57.4 Å². The van der Waals surface area contributed by atoms with Gasteiger partial charge in [0.05, 0.1) is 11.2 Å². The number of rotatable bonds is 3. The third kappa shape index (κ3) is 2.71. The van der Waals surface area contributed by atoms with Gasteiger partial charge in [-0.15, -0.1) is 11.3 Å². The minimum absolute atomic E-state index is 0.0766. The fourth-order valence-corrected chi connectivity index (χ4v) is 4.68. The Morgan fingerprint density at radius 2 is 2.11 bits per heavy atom. The molecule has 3 nitrogen and oxygen atoms in total. The van der Waals surface area contributed by atoms with Gasteiger partial charge in [0.15, 0.2) is 0 Å². The average Bonchev–Trinajstić information content (AvgIpc) is 2.73. The summed E-state index contributed by atoms with van der Waals surface area (Å²) in [6, 6.07) is 0. The van der Waals surface area contributed by atoms with E-state index in [2.05, 4.69) is 12.2 Å². The predicted octanol–water partition coefficient (Wildman–Crippen LogP) is 3.03. The van der Waals surface area contributed by atoms with Crippen molar-refractivity contribution in [3.8, 4) is 0 Å². The fourth-order valence-electron chi connectivity index (χ4n) is 3.31. The summed E-state index contributed by atoms with van der Waals surface area (Å²) in [6.07, 6.45) is 8.44. The van der Waals surface area contributed by atoms with Crippen LogP contribution in [0.15, 0.2) is 0 Å². The highest BCUT2D eigenvalue weighted by Crippen LogP contribution is 2.38. The van der Waals surface area contributed by atoms with E-state index in [1.54, 1.807) is 4.88 Å². The van der Waals surface area contributed by atoms with Crippen molar-refractivity contribution in [2.24, 2.45) is 0 Å². The van der Waals surface area contributed by atoms with Gasteiger partial charge in [-0.05, 0) is 51.5 Å². The van der Waals surface area contributed by atoms with Gasteiger partial charge in [0.1, 0.15) is 5.01 Å². The van der Waals surface area contributed by atoms with E-state index in [0.29, 0.717) is 0 Å². The molecule has 1 unspecified atom stereocenters. The molecule has 0 saturated carbocycles. The van der Waals surface area contributed by atoms with Crippen LogP contribution in [0.5, 0.6) is 0 Å². The first-order valence-corrected chi connectivity index (χ1v) is 8.47. The molecule has 0 amide bonds. The maximum atomic E-state index is 5.66. The van der Waals surface area contributed by atoms with E-state index in [1.807, 2.05) is 11.3 Å². The van der Waals surface area contributed by atoms with E-state index >= 15 is 0 Å². The van der Waals surface area contributed by atoms with E-state index in [-0.39, 0.29) is 5.54 Å². The van der Waals surface area contributed by atoms with Gasteiger partial charge in [0, 0.05) is 18.1 Å². The monoisotopic (exact) mass is 280 g/mol. The topological polar surface area (TPSA) is 34.2 Å². The first-order chi connectivity index (χ1) is 9.34. The minimum atomic E-state index is 0.0766. The lowest BCUT2D eigenvalue weighted by atomic mass is 9.91. The molecule has 1 aromatic rings. The smallest absolute Gasteiger partial charge is 0.113 e. The molecule has 0 bridgehead atoms. The lowest BCUT2D eigenvalue weighted by molar-refractivity contribution is 0.136. The molecule has 2 heterocycles. The highest BCUT2D eigenvalue weighted by atomic mass is 32.1. The van der Waals surface area contributed by atoms with Gasteiger partial charge in [0.2, 0.25) is 0 Å². The van der Waals surface area contributed by atoms with Crippen molar-refractivity contribution in [1.29, 1.82) is 0 Å². The Labute approximate surface area is 119 Å². The molecule has 1 fully saturated rings. The Bertz CT molecular complexity index is 398. The molecule has 1 saturated heterocycles. The molecule has 0 aromatic carbocycles. The molecule has 2 aliphatic rings. The van der Waals surface area contributed by atoms with E-state index < -0.39 is 0 Å².